The number of rotatable bonds is 5. The van der Waals surface area contributed by atoms with E-state index >= 15 is 0 Å². The van der Waals surface area contributed by atoms with Crippen LogP contribution in [-0.4, -0.2) is 39.5 Å². The molecular formula is C22H35N7O. The molecule has 0 spiro atoms. The van der Waals surface area contributed by atoms with Crippen LogP contribution in [0.15, 0.2) is 51.4 Å². The maximum Gasteiger partial charge on any atom is 0.258 e. The number of aliphatic imine (C=N–C) groups is 2. The summed E-state index contributed by atoms with van der Waals surface area (Å²) >= 11 is 0. The fraction of sp³-hybridized carbons (Fsp3) is 0.409. The Morgan fingerprint density at radius 1 is 1.37 bits per heavy atom. The number of nitrogens with two attached hydrogens (primary N) is 1. The van der Waals surface area contributed by atoms with E-state index in [0.29, 0.717) is 11.3 Å². The molecule has 0 unspecified atom stereocenters. The van der Waals surface area contributed by atoms with Gasteiger partial charge in [-0.05, 0) is 51.3 Å². The molecule has 2 aromatic rings. The Morgan fingerprint density at radius 2 is 2.13 bits per heavy atom. The van der Waals surface area contributed by atoms with Crippen LogP contribution in [0.5, 0.6) is 0 Å². The lowest BCUT2D eigenvalue weighted by Crippen LogP contribution is -2.20. The standard InChI is InChI=1S/C20H25N7O.C2H6.2H2/c1-13-4-3-9-27(19(13)28)17-7-8-18(23-12-17)25-15-5-6-16(10-15)26-20(22)24-11-14(2)21;1-2;;/h3-4,7-9,11-12,15-16,21H,5-6,10H2,1-2H3,(H2,22,26)(H,23,25);1-2H3;2*1H/b21-14?,24-11-;;;/t15-,16-;;;/m0.../s1. The van der Waals surface area contributed by atoms with E-state index in [1.165, 1.54) is 6.21 Å². The third-order valence-electron chi connectivity index (χ3n) is 4.63. The van der Waals surface area contributed by atoms with Crippen LogP contribution in [0.2, 0.25) is 0 Å². The van der Waals surface area contributed by atoms with E-state index < -0.39 is 0 Å². The second-order valence-corrected chi connectivity index (χ2v) is 7.00. The van der Waals surface area contributed by atoms with Gasteiger partial charge < -0.3 is 16.5 Å². The van der Waals surface area contributed by atoms with Gasteiger partial charge in [-0.2, -0.15) is 0 Å². The van der Waals surface area contributed by atoms with Crippen LogP contribution in [0.4, 0.5) is 5.82 Å². The highest BCUT2D eigenvalue weighted by Crippen LogP contribution is 2.25. The largest absolute Gasteiger partial charge is 0.368 e. The Balaban J connectivity index is 0.00000234. The number of aromatic nitrogens is 2. The van der Waals surface area contributed by atoms with E-state index in [-0.39, 0.29) is 26.5 Å². The molecule has 0 radical (unpaired) electrons. The molecule has 0 aromatic carbocycles. The van der Waals surface area contributed by atoms with Crippen molar-refractivity contribution >= 4 is 23.7 Å². The minimum absolute atomic E-state index is 0. The van der Waals surface area contributed by atoms with Crippen molar-refractivity contribution in [1.82, 2.24) is 9.55 Å². The van der Waals surface area contributed by atoms with E-state index in [9.17, 15) is 4.79 Å². The maximum atomic E-state index is 12.2. The number of nitrogens with one attached hydrogen (secondary N) is 2. The molecule has 1 aliphatic rings. The van der Waals surface area contributed by atoms with Gasteiger partial charge in [0.15, 0.2) is 0 Å². The number of guanidine groups is 1. The van der Waals surface area contributed by atoms with Crippen LogP contribution >= 0.6 is 0 Å². The van der Waals surface area contributed by atoms with Gasteiger partial charge in [0.1, 0.15) is 5.82 Å². The Morgan fingerprint density at radius 3 is 2.80 bits per heavy atom. The van der Waals surface area contributed by atoms with Crippen LogP contribution < -0.4 is 16.6 Å². The van der Waals surface area contributed by atoms with Gasteiger partial charge in [-0.1, -0.05) is 19.9 Å². The van der Waals surface area contributed by atoms with Gasteiger partial charge in [0, 0.05) is 26.4 Å². The van der Waals surface area contributed by atoms with Crippen molar-refractivity contribution in [2.24, 2.45) is 15.7 Å². The van der Waals surface area contributed by atoms with E-state index in [1.807, 2.05) is 32.0 Å². The van der Waals surface area contributed by atoms with Gasteiger partial charge >= 0.3 is 0 Å². The van der Waals surface area contributed by atoms with Gasteiger partial charge in [-0.3, -0.25) is 9.36 Å². The second-order valence-electron chi connectivity index (χ2n) is 7.00. The van der Waals surface area contributed by atoms with E-state index in [4.69, 9.17) is 11.1 Å². The zero-order chi connectivity index (χ0) is 22.1. The highest BCUT2D eigenvalue weighted by Gasteiger charge is 2.24. The lowest BCUT2D eigenvalue weighted by molar-refractivity contribution is 0.687. The van der Waals surface area contributed by atoms with Gasteiger partial charge in [-0.15, -0.1) is 0 Å². The average molecular weight is 414 g/mol. The van der Waals surface area contributed by atoms with Crippen molar-refractivity contribution in [1.29, 1.82) is 5.41 Å². The first-order chi connectivity index (χ1) is 14.4. The number of anilines is 1. The first-order valence-corrected chi connectivity index (χ1v) is 10.3. The van der Waals surface area contributed by atoms with Crippen molar-refractivity contribution in [3.05, 3.63) is 52.6 Å². The highest BCUT2D eigenvalue weighted by molar-refractivity contribution is 6.29. The van der Waals surface area contributed by atoms with Crippen LogP contribution in [0.1, 0.15) is 48.5 Å². The third kappa shape index (κ3) is 6.37. The Bertz CT molecular complexity index is 971. The number of hydrogen-bond acceptors (Lipinski definition) is 5. The predicted molar refractivity (Wildman–Crippen MR) is 129 cm³/mol. The summed E-state index contributed by atoms with van der Waals surface area (Å²) in [6.45, 7) is 7.44. The SMILES string of the molecule is CC.CC(=N)/C=N\C(N)=N[C@H]1CC[C@H](Nc2ccc(-n3cccc(C)c3=O)cn2)C1.[HH].[HH]. The van der Waals surface area contributed by atoms with Crippen molar-refractivity contribution < 1.29 is 2.85 Å². The Hall–Kier alpha value is -3.29. The molecule has 0 amide bonds. The molecular weight excluding hydrogens is 378 g/mol. The van der Waals surface area contributed by atoms with Crippen LogP contribution in [-0.2, 0) is 0 Å². The molecule has 0 bridgehead atoms. The topological polar surface area (TPSA) is 122 Å². The summed E-state index contributed by atoms with van der Waals surface area (Å²) in [5, 5.41) is 10.7. The monoisotopic (exact) mass is 413 g/mol. The molecule has 1 saturated carbocycles. The summed E-state index contributed by atoms with van der Waals surface area (Å²) in [6, 6.07) is 7.78. The number of aryl methyl sites for hydroxylation is 1. The van der Waals surface area contributed by atoms with Crippen molar-refractivity contribution in [2.45, 2.75) is 59.0 Å². The van der Waals surface area contributed by atoms with Crippen molar-refractivity contribution in [3.63, 3.8) is 0 Å². The van der Waals surface area contributed by atoms with Gasteiger partial charge in [0.25, 0.3) is 5.56 Å². The number of nitrogens with zero attached hydrogens (tertiary/aromatic N) is 4. The maximum absolute atomic E-state index is 12.2. The van der Waals surface area contributed by atoms with Crippen molar-refractivity contribution in [3.8, 4) is 5.69 Å². The fourth-order valence-corrected chi connectivity index (χ4v) is 3.22. The number of pyridine rings is 2. The average Bonchev–Trinajstić information content (AvgIpc) is 3.17. The van der Waals surface area contributed by atoms with Gasteiger partial charge in [-0.25, -0.2) is 15.0 Å². The molecule has 8 nitrogen and oxygen atoms in total. The normalized spacial score (nSPS) is 18.7. The van der Waals surface area contributed by atoms with Crippen LogP contribution in [0, 0.1) is 12.3 Å². The Kier molecular flexibility index (Phi) is 8.46. The molecule has 4 N–H and O–H groups in total. The van der Waals surface area contributed by atoms with Crippen LogP contribution in [0.25, 0.3) is 5.69 Å². The summed E-state index contributed by atoms with van der Waals surface area (Å²) in [6.07, 6.45) is 7.57. The predicted octanol–water partition coefficient (Wildman–Crippen LogP) is 3.82. The van der Waals surface area contributed by atoms with Crippen LogP contribution in [0.3, 0.4) is 0 Å². The molecule has 0 aliphatic heterocycles. The first kappa shape index (κ1) is 23.0. The summed E-state index contributed by atoms with van der Waals surface area (Å²) in [5.74, 6) is 0.979. The van der Waals surface area contributed by atoms with E-state index in [0.717, 1.165) is 30.8 Å². The van der Waals surface area contributed by atoms with E-state index in [1.54, 1.807) is 36.9 Å². The minimum atomic E-state index is -0.0417. The van der Waals surface area contributed by atoms with Gasteiger partial charge in [0.2, 0.25) is 5.96 Å². The number of hydrogen-bond donors (Lipinski definition) is 3. The lowest BCUT2D eigenvalue weighted by Gasteiger charge is -2.14. The zero-order valence-corrected chi connectivity index (χ0v) is 18.1. The molecule has 8 heteroatoms. The molecule has 30 heavy (non-hydrogen) atoms. The molecule has 0 saturated heterocycles. The minimum Gasteiger partial charge on any atom is -0.368 e. The fourth-order valence-electron chi connectivity index (χ4n) is 3.22. The van der Waals surface area contributed by atoms with Crippen molar-refractivity contribution in [2.75, 3.05) is 5.32 Å². The summed E-state index contributed by atoms with van der Waals surface area (Å²) in [5.41, 5.74) is 7.52. The van der Waals surface area contributed by atoms with E-state index in [2.05, 4.69) is 20.3 Å². The second kappa shape index (κ2) is 11.0. The molecule has 1 fully saturated rings. The summed E-state index contributed by atoms with van der Waals surface area (Å²) in [4.78, 5) is 25.0. The first-order valence-electron chi connectivity index (χ1n) is 10.3. The lowest BCUT2D eigenvalue weighted by atomic mass is 10.2. The molecule has 164 valence electrons. The molecule has 2 aromatic heterocycles. The molecule has 1 aliphatic carbocycles. The molecule has 2 atom stereocenters. The Labute approximate surface area is 180 Å². The van der Waals surface area contributed by atoms with Gasteiger partial charge in [0.05, 0.1) is 24.1 Å². The smallest absolute Gasteiger partial charge is 0.258 e. The zero-order valence-electron chi connectivity index (χ0n) is 18.1. The quantitative estimate of drug-likeness (QED) is 0.509. The highest BCUT2D eigenvalue weighted by atomic mass is 16.1. The molecule has 2 heterocycles. The molecule has 3 rings (SSSR count). The third-order valence-corrected chi connectivity index (χ3v) is 4.63. The summed E-state index contributed by atoms with van der Waals surface area (Å²) in [7, 11) is 0. The summed E-state index contributed by atoms with van der Waals surface area (Å²) < 4.78 is 1.59.